The molecule has 0 amide bonds. The maximum absolute atomic E-state index is 7.51. The summed E-state index contributed by atoms with van der Waals surface area (Å²) in [5, 5.41) is 7.51. The summed E-state index contributed by atoms with van der Waals surface area (Å²) >= 11 is 0. The van der Waals surface area contributed by atoms with E-state index in [1.54, 1.807) is 6.07 Å². The molecule has 0 aromatic heterocycles. The normalized spacial score (nSPS) is 8.38. The molecule has 21 heavy (non-hydrogen) atoms. The smallest absolute Gasteiger partial charge is 0.0905 e. The number of nitriles is 1. The molecule has 0 N–H and O–H groups in total. The fraction of sp³-hybridized carbons (Fsp3) is 0.0500. The fourth-order valence-corrected chi connectivity index (χ4v) is 1.35. The van der Waals surface area contributed by atoms with Crippen LogP contribution in [0.5, 0.6) is 0 Å². The zero-order valence-corrected chi connectivity index (χ0v) is 12.4. The SMILES string of the molecule is C=CC#N.C=Cc1ccccc1.CC=Cc1ccccc1. The molecule has 2 aromatic rings. The summed E-state index contributed by atoms with van der Waals surface area (Å²) < 4.78 is 0. The monoisotopic (exact) mass is 275 g/mol. The first kappa shape index (κ1) is 18.2. The molecule has 2 rings (SSSR count). The highest BCUT2D eigenvalue weighted by atomic mass is 14.2. The third-order valence-electron chi connectivity index (χ3n) is 2.29. The van der Waals surface area contributed by atoms with Crippen LogP contribution in [0.1, 0.15) is 18.1 Å². The summed E-state index contributed by atoms with van der Waals surface area (Å²) in [6.07, 6.45) is 7.13. The van der Waals surface area contributed by atoms with Crippen molar-refractivity contribution in [3.63, 3.8) is 0 Å². The lowest BCUT2D eigenvalue weighted by Gasteiger charge is -1.86. The van der Waals surface area contributed by atoms with Crippen LogP contribution in [0, 0.1) is 11.3 Å². The van der Waals surface area contributed by atoms with Crippen LogP contribution in [0.3, 0.4) is 0 Å². The lowest BCUT2D eigenvalue weighted by molar-refractivity contribution is 1.54. The predicted molar refractivity (Wildman–Crippen MR) is 93.5 cm³/mol. The van der Waals surface area contributed by atoms with Gasteiger partial charge >= 0.3 is 0 Å². The second-order valence-corrected chi connectivity index (χ2v) is 3.86. The zero-order valence-electron chi connectivity index (χ0n) is 12.4. The molecular weight excluding hydrogens is 254 g/mol. The first-order valence-electron chi connectivity index (χ1n) is 6.64. The Morgan fingerprint density at radius 2 is 1.29 bits per heavy atom. The summed E-state index contributed by atoms with van der Waals surface area (Å²) in [6, 6.07) is 22.0. The molecule has 0 saturated heterocycles. The van der Waals surface area contributed by atoms with Gasteiger partial charge in [-0.1, -0.05) is 92.0 Å². The van der Waals surface area contributed by atoms with Crippen molar-refractivity contribution in [2.24, 2.45) is 0 Å². The van der Waals surface area contributed by atoms with E-state index in [1.165, 1.54) is 17.2 Å². The second-order valence-electron chi connectivity index (χ2n) is 3.86. The molecule has 1 nitrogen and oxygen atoms in total. The van der Waals surface area contributed by atoms with Crippen LogP contribution in [-0.2, 0) is 0 Å². The first-order valence-corrected chi connectivity index (χ1v) is 6.64. The van der Waals surface area contributed by atoms with Gasteiger partial charge in [-0.05, 0) is 18.1 Å². The summed E-state index contributed by atoms with van der Waals surface area (Å²) in [7, 11) is 0. The number of allylic oxidation sites excluding steroid dienone is 2. The van der Waals surface area contributed by atoms with Crippen molar-refractivity contribution in [2.75, 3.05) is 0 Å². The van der Waals surface area contributed by atoms with Gasteiger partial charge in [0.15, 0.2) is 0 Å². The zero-order chi connectivity index (χ0) is 15.8. The molecule has 0 aliphatic carbocycles. The van der Waals surface area contributed by atoms with Gasteiger partial charge < -0.3 is 0 Å². The molecule has 0 atom stereocenters. The number of hydrogen-bond donors (Lipinski definition) is 0. The van der Waals surface area contributed by atoms with E-state index < -0.39 is 0 Å². The molecule has 0 unspecified atom stereocenters. The van der Waals surface area contributed by atoms with Gasteiger partial charge in [-0.15, -0.1) is 0 Å². The average molecular weight is 275 g/mol. The molecule has 1 heteroatoms. The summed E-state index contributed by atoms with van der Waals surface area (Å²) in [5.74, 6) is 0. The Morgan fingerprint density at radius 3 is 1.57 bits per heavy atom. The van der Waals surface area contributed by atoms with Gasteiger partial charge in [-0.2, -0.15) is 5.26 Å². The summed E-state index contributed by atoms with van der Waals surface area (Å²) in [4.78, 5) is 0. The minimum absolute atomic E-state index is 1.17. The highest BCUT2D eigenvalue weighted by molar-refractivity contribution is 5.48. The Balaban J connectivity index is 0.000000308. The summed E-state index contributed by atoms with van der Waals surface area (Å²) in [5.41, 5.74) is 2.44. The lowest BCUT2D eigenvalue weighted by atomic mass is 10.2. The van der Waals surface area contributed by atoms with Crippen LogP contribution < -0.4 is 0 Å². The van der Waals surface area contributed by atoms with Crippen LogP contribution in [0.15, 0.2) is 86.0 Å². The molecule has 2 aromatic carbocycles. The van der Waals surface area contributed by atoms with Crippen molar-refractivity contribution in [1.29, 1.82) is 5.26 Å². The van der Waals surface area contributed by atoms with E-state index >= 15 is 0 Å². The number of rotatable bonds is 2. The van der Waals surface area contributed by atoms with Crippen LogP contribution in [0.4, 0.5) is 0 Å². The molecule has 0 spiro atoms. The van der Waals surface area contributed by atoms with Gasteiger partial charge in [-0.3, -0.25) is 0 Å². The van der Waals surface area contributed by atoms with Crippen molar-refractivity contribution >= 4 is 12.2 Å². The molecule has 0 fully saturated rings. The van der Waals surface area contributed by atoms with E-state index in [4.69, 9.17) is 5.26 Å². The Morgan fingerprint density at radius 1 is 0.857 bits per heavy atom. The topological polar surface area (TPSA) is 23.8 Å². The molecule has 0 aliphatic rings. The van der Waals surface area contributed by atoms with Gasteiger partial charge in [0.25, 0.3) is 0 Å². The number of benzene rings is 2. The van der Waals surface area contributed by atoms with E-state index in [0.717, 1.165) is 0 Å². The van der Waals surface area contributed by atoms with E-state index in [-0.39, 0.29) is 0 Å². The van der Waals surface area contributed by atoms with E-state index in [9.17, 15) is 0 Å². The highest BCUT2D eigenvalue weighted by Gasteiger charge is 1.77. The van der Waals surface area contributed by atoms with Crippen LogP contribution in [0.25, 0.3) is 12.2 Å². The van der Waals surface area contributed by atoms with Crippen molar-refractivity contribution < 1.29 is 0 Å². The fourth-order valence-electron chi connectivity index (χ4n) is 1.35. The third-order valence-corrected chi connectivity index (χ3v) is 2.29. The molecule has 0 bridgehead atoms. The van der Waals surface area contributed by atoms with Gasteiger partial charge in [0, 0.05) is 6.08 Å². The maximum Gasteiger partial charge on any atom is 0.0905 e. The number of nitrogens with zero attached hydrogens (tertiary/aromatic N) is 1. The van der Waals surface area contributed by atoms with Gasteiger partial charge in [0.2, 0.25) is 0 Å². The minimum Gasteiger partial charge on any atom is -0.193 e. The van der Waals surface area contributed by atoms with Gasteiger partial charge in [0.05, 0.1) is 6.07 Å². The second kappa shape index (κ2) is 13.6. The quantitative estimate of drug-likeness (QED) is 0.640. The Kier molecular flexibility index (Phi) is 11.7. The number of hydrogen-bond acceptors (Lipinski definition) is 1. The standard InChI is InChI=1S/C9H10.C8H8.C3H3N/c1-2-6-9-7-4-3-5-8-9;1-2-8-6-4-3-5-7-8;1-2-3-4/h2-8H,1H3;2-7H,1H2;2H,1H2. The van der Waals surface area contributed by atoms with Crippen LogP contribution in [-0.4, -0.2) is 0 Å². The Labute approximate surface area is 128 Å². The molecule has 0 heterocycles. The van der Waals surface area contributed by atoms with Gasteiger partial charge in [0.1, 0.15) is 0 Å². The van der Waals surface area contributed by atoms with E-state index in [0.29, 0.717) is 0 Å². The largest absolute Gasteiger partial charge is 0.193 e. The molecular formula is C20H21N. The lowest BCUT2D eigenvalue weighted by Crippen LogP contribution is -1.65. The maximum atomic E-state index is 7.51. The molecule has 0 saturated carbocycles. The van der Waals surface area contributed by atoms with Crippen LogP contribution in [0.2, 0.25) is 0 Å². The average Bonchev–Trinajstić information content (AvgIpc) is 2.58. The van der Waals surface area contributed by atoms with Crippen molar-refractivity contribution in [3.8, 4) is 6.07 Å². The third kappa shape index (κ3) is 10.7. The van der Waals surface area contributed by atoms with Crippen molar-refractivity contribution in [3.05, 3.63) is 97.1 Å². The Hall–Kier alpha value is -2.85. The van der Waals surface area contributed by atoms with Crippen molar-refractivity contribution in [1.82, 2.24) is 0 Å². The molecule has 0 aliphatic heterocycles. The van der Waals surface area contributed by atoms with E-state index in [2.05, 4.69) is 31.4 Å². The van der Waals surface area contributed by atoms with E-state index in [1.807, 2.05) is 67.6 Å². The van der Waals surface area contributed by atoms with Crippen molar-refractivity contribution in [2.45, 2.75) is 6.92 Å². The molecule has 0 radical (unpaired) electrons. The Bertz CT molecular complexity index is 560. The van der Waals surface area contributed by atoms with Gasteiger partial charge in [-0.25, -0.2) is 0 Å². The first-order chi connectivity index (χ1) is 10.3. The minimum atomic E-state index is 1.17. The van der Waals surface area contributed by atoms with Crippen LogP contribution >= 0.6 is 0 Å². The molecule has 106 valence electrons. The summed E-state index contributed by atoms with van der Waals surface area (Å²) in [6.45, 7) is 8.77. The highest BCUT2D eigenvalue weighted by Crippen LogP contribution is 1.99. The predicted octanol–water partition coefficient (Wildman–Crippen LogP) is 5.75.